The molecule has 2 aromatic carbocycles. The maximum absolute atomic E-state index is 11.8. The lowest BCUT2D eigenvalue weighted by atomic mass is 9.86. The molecule has 1 atom stereocenters. The van der Waals surface area contributed by atoms with Crippen molar-refractivity contribution in [3.8, 4) is 5.75 Å². The number of nitrogens with one attached hydrogen (secondary N) is 4. The molecule has 4 N–H and O–H groups in total. The molecule has 426 valence electrons. The summed E-state index contributed by atoms with van der Waals surface area (Å²) >= 11 is 0. The summed E-state index contributed by atoms with van der Waals surface area (Å²) in [4.78, 5) is 44.2. The number of aromatic amines is 1. The third kappa shape index (κ3) is 24.3. The van der Waals surface area contributed by atoms with Gasteiger partial charge in [-0.25, -0.2) is 23.8 Å². The summed E-state index contributed by atoms with van der Waals surface area (Å²) < 4.78 is 30.6. The maximum Gasteiger partial charge on any atom is 0.416 e. The lowest BCUT2D eigenvalue weighted by Crippen LogP contribution is -2.25. The molecule has 26 heteroatoms. The quantitative estimate of drug-likeness (QED) is 0.0165. The van der Waals surface area contributed by atoms with Crippen LogP contribution in [0, 0.1) is 41.5 Å². The summed E-state index contributed by atoms with van der Waals surface area (Å²) in [5.74, 6) is 2.05. The molecule has 0 saturated heterocycles. The van der Waals surface area contributed by atoms with Gasteiger partial charge in [0.05, 0.1) is 29.8 Å². The van der Waals surface area contributed by atoms with E-state index in [2.05, 4.69) is 122 Å². The molecule has 3 heterocycles. The minimum absolute atomic E-state index is 0.00799. The number of anilines is 4. The molecule has 0 spiro atoms. The highest BCUT2D eigenvalue weighted by atomic mass is 31.1. The number of unbranched alkanes of at least 4 members (excludes halogenated alkanes) is 2. The Morgan fingerprint density at radius 2 is 1.65 bits per heavy atom. The van der Waals surface area contributed by atoms with Gasteiger partial charge in [0.1, 0.15) is 23.5 Å². The Hall–Kier alpha value is -7.65. The fourth-order valence-corrected chi connectivity index (χ4v) is 8.42. The second kappa shape index (κ2) is 37.2. The minimum atomic E-state index is -0.430. The number of hydrogen-bond donors (Lipinski definition) is 4. The number of aromatic nitrogens is 6. The van der Waals surface area contributed by atoms with E-state index in [4.69, 9.17) is 17.7 Å². The Bertz CT molecular complexity index is 2780. The van der Waals surface area contributed by atoms with Gasteiger partial charge in [0.25, 0.3) is 17.6 Å². The van der Waals surface area contributed by atoms with Crippen LogP contribution in [-0.2, 0) is 25.5 Å². The highest BCUT2D eigenvalue weighted by Gasteiger charge is 2.28. The first-order valence-electron chi connectivity index (χ1n) is 26.2. The highest BCUT2D eigenvalue weighted by molar-refractivity contribution is 7.17. The van der Waals surface area contributed by atoms with Crippen LogP contribution >= 0.6 is 17.4 Å². The molecule has 5 aromatic rings. The van der Waals surface area contributed by atoms with E-state index >= 15 is 0 Å². The van der Waals surface area contributed by atoms with Gasteiger partial charge in [-0.2, -0.15) is 10.1 Å². The number of amides is 1. The third-order valence-electron chi connectivity index (χ3n) is 11.4. The van der Waals surface area contributed by atoms with E-state index in [9.17, 15) is 24.0 Å². The highest BCUT2D eigenvalue weighted by Crippen LogP contribution is 2.40. The Morgan fingerprint density at radius 1 is 0.975 bits per heavy atom. The molecule has 1 amide bonds. The largest absolute Gasteiger partial charge is 0.416 e. The van der Waals surface area contributed by atoms with Crippen LogP contribution in [0.15, 0.2) is 75.3 Å². The Morgan fingerprint density at radius 3 is 2.16 bits per heavy atom. The Kier molecular flexibility index (Phi) is 31.8. The lowest BCUT2D eigenvalue weighted by Gasteiger charge is -2.25. The van der Waals surface area contributed by atoms with Crippen molar-refractivity contribution in [3.05, 3.63) is 93.4 Å². The van der Waals surface area contributed by atoms with Gasteiger partial charge in [-0.1, -0.05) is 129 Å². The van der Waals surface area contributed by atoms with Crippen LogP contribution in [0.3, 0.4) is 0 Å². The zero-order valence-electron chi connectivity index (χ0n) is 47.6. The number of pyridine rings is 1. The van der Waals surface area contributed by atoms with Crippen LogP contribution in [0.1, 0.15) is 132 Å². The van der Waals surface area contributed by atoms with Gasteiger partial charge >= 0.3 is 29.0 Å². The predicted molar refractivity (Wildman–Crippen MR) is 312 cm³/mol. The molecule has 24 nitrogen and oxygen atoms in total. The first-order chi connectivity index (χ1) is 37.9. The average Bonchev–Trinajstić information content (AvgIpc) is 4.09. The molecule has 79 heavy (non-hydrogen) atoms. The van der Waals surface area contributed by atoms with E-state index in [0.29, 0.717) is 52.1 Å². The van der Waals surface area contributed by atoms with Crippen molar-refractivity contribution in [1.82, 2.24) is 29.7 Å². The van der Waals surface area contributed by atoms with Crippen molar-refractivity contribution in [2.24, 2.45) is 38.8 Å². The van der Waals surface area contributed by atoms with E-state index < -0.39 is 4.92 Å². The number of imidazole rings is 1. The summed E-state index contributed by atoms with van der Waals surface area (Å²) in [5, 5.41) is 43.3. The van der Waals surface area contributed by atoms with Crippen molar-refractivity contribution >= 4 is 86.9 Å². The number of hydrogen-bond acceptors (Lipinski definition) is 18. The van der Waals surface area contributed by atoms with E-state index in [1.54, 1.807) is 33.2 Å². The molecule has 1 fully saturated rings. The number of azo groups is 2. The first-order valence-corrected chi connectivity index (χ1v) is 27.7. The number of para-hydroxylation sites is 1. The van der Waals surface area contributed by atoms with Gasteiger partial charge in [-0.3, -0.25) is 19.4 Å². The van der Waals surface area contributed by atoms with Crippen molar-refractivity contribution in [3.63, 3.8) is 0 Å². The van der Waals surface area contributed by atoms with Crippen molar-refractivity contribution < 1.29 is 27.9 Å². The number of carbonyl (C=O) groups is 1. The molecule has 0 bridgehead atoms. The normalized spacial score (nSPS) is 12.5. The van der Waals surface area contributed by atoms with Crippen LogP contribution in [0.2, 0.25) is 0 Å². The summed E-state index contributed by atoms with van der Waals surface area (Å²) in [6, 6.07) is 14.9. The maximum atomic E-state index is 11.8. The van der Waals surface area contributed by atoms with Crippen LogP contribution in [0.5, 0.6) is 5.75 Å². The molecular weight excluding hydrogens is 1050 g/mol. The molecule has 1 aliphatic carbocycles. The van der Waals surface area contributed by atoms with Crippen LogP contribution in [-0.4, -0.2) is 73.3 Å². The molecule has 0 aliphatic heterocycles. The summed E-state index contributed by atoms with van der Waals surface area (Å²) in [6.45, 7) is 36.9. The van der Waals surface area contributed by atoms with Crippen LogP contribution < -0.4 is 25.4 Å². The van der Waals surface area contributed by atoms with E-state index in [1.165, 1.54) is 24.2 Å². The van der Waals surface area contributed by atoms with Crippen molar-refractivity contribution in [1.29, 1.82) is 0 Å². The van der Waals surface area contributed by atoms with Crippen molar-refractivity contribution in [2.45, 2.75) is 139 Å². The van der Waals surface area contributed by atoms with Crippen LogP contribution in [0.4, 0.5) is 63.6 Å². The lowest BCUT2D eigenvalue weighted by molar-refractivity contribution is -0.384. The summed E-state index contributed by atoms with van der Waals surface area (Å²) in [5.41, 5.74) is 2.98. The van der Waals surface area contributed by atoms with Gasteiger partial charge < -0.3 is 35.1 Å². The number of nitrogens with zero attached hydrogens (tertiary/aromatic N) is 13. The van der Waals surface area contributed by atoms with Gasteiger partial charge in [0.15, 0.2) is 5.82 Å². The second-order valence-electron chi connectivity index (χ2n) is 19.0. The Balaban J connectivity index is 0.000000396. The van der Waals surface area contributed by atoms with Crippen LogP contribution in [0.25, 0.3) is 9.69 Å². The van der Waals surface area contributed by atoms with E-state index in [-0.39, 0.29) is 64.4 Å². The molecule has 1 aliphatic rings. The number of rotatable bonds is 22. The average molecular weight is 1130 g/mol. The van der Waals surface area contributed by atoms with Crippen molar-refractivity contribution in [2.75, 3.05) is 47.6 Å². The minimum Gasteiger partial charge on any atom is -0.408 e. The van der Waals surface area contributed by atoms with E-state index in [1.807, 2.05) is 50.2 Å². The molecule has 1 unspecified atom stereocenters. The van der Waals surface area contributed by atoms with Gasteiger partial charge in [0.2, 0.25) is 11.7 Å². The Labute approximate surface area is 467 Å². The smallest absolute Gasteiger partial charge is 0.408 e. The van der Waals surface area contributed by atoms with E-state index in [0.717, 1.165) is 76.6 Å². The number of benzene rings is 2. The fraction of sp³-hybridized carbons (Fsp3) is 0.528. The fourth-order valence-electron chi connectivity index (χ4n) is 7.90. The standard InChI is InChI=1S/C22H28N8O.C15H21N9O2.C8H17O2P.C6H5O2P.C2H6/c1-7-9-13-30(14-10-8-2)17-11-12-18(19(15-17)25-16(3)31)27-28-22-26-20(23-4)21(24-5)29(22)6;1-9-11(21-23-15-17-8-18-22-15)13(16-2)20-14(12(9)24(25)26)19-10-6-4-3-5-7-10;1-7(6-10-11-9)5-8(2,3)4;7-9-8-6-4-2-1-3-5-6;1-2/h11-12,15H,7-10,13-14H2,1-3,6H3,(H,25,31);8,10H,3-7H2,1-2H3,(H2,16,19,20)(H,17,18,22);7H,5-6H2,1-4H3;1-5H;1-2H3. The first kappa shape index (κ1) is 67.5. The number of nitro groups is 1. The topological polar surface area (TPSA) is 283 Å². The zero-order chi connectivity index (χ0) is 58.8. The zero-order valence-corrected chi connectivity index (χ0v) is 49.4. The SMILES string of the molecule is CC.CC(COP=O)CC(C)(C)C.CNc1nc(NC2CCCCC2)c([N+](=O)[O-])c(C)c1N=Nc1ncn[nH]1.O=POc1ccccc1.[C-]#[N+]c1nc(N=Nc2ccc(N(CCCC)CCCC)cc2NC(C)=O)n(C)c1[N+]#[C-]. The van der Waals surface area contributed by atoms with Gasteiger partial charge in [-0.15, -0.1) is 15.3 Å². The number of carbonyl (C=O) groups excluding carboxylic acids is 1. The molecule has 1 saturated carbocycles. The van der Waals surface area contributed by atoms with Gasteiger partial charge in [0, 0.05) is 38.8 Å². The second-order valence-corrected chi connectivity index (χ2v) is 19.7. The van der Waals surface area contributed by atoms with Gasteiger partial charge in [-0.05, 0) is 80.7 Å². The third-order valence-corrected chi connectivity index (χ3v) is 11.9. The summed E-state index contributed by atoms with van der Waals surface area (Å²) in [6.07, 6.45) is 12.2. The molecule has 6 rings (SSSR count). The number of H-pyrrole nitrogens is 1. The summed E-state index contributed by atoms with van der Waals surface area (Å²) in [7, 11) is 2.79. The monoisotopic (exact) mass is 1130 g/mol. The molecule has 0 radical (unpaired) electrons. The predicted octanol–water partition coefficient (Wildman–Crippen LogP) is 16.5. The molecule has 3 aromatic heterocycles. The molecular formula is C53H77N17O7P2.